The Morgan fingerprint density at radius 3 is 0.792 bits per heavy atom. The first kappa shape index (κ1) is 56.2. The number of hydrogen-bond donors (Lipinski definition) is 0. The average molecular weight is 801 g/mol. The summed E-state index contributed by atoms with van der Waals surface area (Å²) in [4.78, 5) is 54.1. The molecule has 0 aromatic rings. The Bertz CT molecular complexity index is 776. The second-order valence-electron chi connectivity index (χ2n) is 15.9. The predicted molar refractivity (Wildman–Crippen MR) is 225 cm³/mol. The van der Waals surface area contributed by atoms with Crippen molar-refractivity contribution < 1.29 is 38.7 Å². The molecule has 6 nitrogen and oxygen atoms in total. The van der Waals surface area contributed by atoms with Gasteiger partial charge in [-0.1, -0.05) is 159 Å². The van der Waals surface area contributed by atoms with E-state index in [4.69, 9.17) is 0 Å². The van der Waals surface area contributed by atoms with Gasteiger partial charge < -0.3 is 9.80 Å². The standard InChI is InChI=1S/2C23H45NO2.Zn/c2*1-6-11-14-20(9-4)18-24(19-21(10-5)15-12-7-2)23(26)17-22(25)16-13-8-3;/h2*20-21H,6-19H2,1-5H3;/q;;+2. The van der Waals surface area contributed by atoms with Gasteiger partial charge in [-0.2, -0.15) is 0 Å². The molecule has 0 bridgehead atoms. The molecule has 308 valence electrons. The number of hydrogen-bond acceptors (Lipinski definition) is 4. The summed E-state index contributed by atoms with van der Waals surface area (Å²) in [5, 5.41) is 0. The fourth-order valence-electron chi connectivity index (χ4n) is 6.96. The molecule has 0 aliphatic rings. The molecule has 0 aliphatic carbocycles. The molecular formula is C46H90N2O4Zn+2. The molecule has 0 heterocycles. The number of unbranched alkanes of at least 4 members (excludes halogenated alkanes) is 6. The van der Waals surface area contributed by atoms with E-state index in [-0.39, 0.29) is 55.7 Å². The summed E-state index contributed by atoms with van der Waals surface area (Å²) in [6, 6.07) is 0. The van der Waals surface area contributed by atoms with Crippen LogP contribution in [0, 0.1) is 23.7 Å². The molecule has 2 amide bonds. The third-order valence-electron chi connectivity index (χ3n) is 11.1. The normalized spacial score (nSPS) is 13.2. The van der Waals surface area contributed by atoms with Crippen molar-refractivity contribution >= 4 is 23.4 Å². The van der Waals surface area contributed by atoms with E-state index in [1.165, 1.54) is 77.0 Å². The zero-order valence-electron chi connectivity index (χ0n) is 37.3. The number of amides is 2. The molecule has 0 rings (SSSR count). The zero-order chi connectivity index (χ0) is 39.6. The Kier molecular flexibility index (Phi) is 41.5. The van der Waals surface area contributed by atoms with Gasteiger partial charge in [-0.25, -0.2) is 0 Å². The van der Waals surface area contributed by atoms with E-state index in [9.17, 15) is 19.2 Å². The van der Waals surface area contributed by atoms with Gasteiger partial charge in [0.25, 0.3) is 0 Å². The SMILES string of the molecule is CCCCC(=O)CC(=O)N(CC(CC)CCCC)CC(CC)CCCC.CCCCC(=O)CC(=O)N(CC(CC)CCCC)CC(CC)CCCC.[Zn+2]. The molecule has 0 fully saturated rings. The van der Waals surface area contributed by atoms with Crippen LogP contribution in [-0.2, 0) is 38.7 Å². The first-order chi connectivity index (χ1) is 25.0. The maximum absolute atomic E-state index is 12.9. The molecule has 53 heavy (non-hydrogen) atoms. The minimum absolute atomic E-state index is 0. The molecule has 7 heteroatoms. The Balaban J connectivity index is -0.000000926. The summed E-state index contributed by atoms with van der Waals surface area (Å²) in [6.07, 6.45) is 24.0. The number of nitrogens with zero attached hydrogens (tertiary/aromatic N) is 2. The summed E-state index contributed by atoms with van der Waals surface area (Å²) in [5.41, 5.74) is 0. The molecule has 0 aromatic heterocycles. The Hall–Kier alpha value is -1.10. The van der Waals surface area contributed by atoms with Crippen LogP contribution in [-0.4, -0.2) is 59.4 Å². The van der Waals surface area contributed by atoms with Crippen molar-refractivity contribution in [2.75, 3.05) is 26.2 Å². The topological polar surface area (TPSA) is 74.8 Å². The van der Waals surface area contributed by atoms with Crippen LogP contribution < -0.4 is 0 Å². The van der Waals surface area contributed by atoms with E-state index < -0.39 is 0 Å². The van der Waals surface area contributed by atoms with Crippen molar-refractivity contribution in [1.82, 2.24) is 9.80 Å². The summed E-state index contributed by atoms with van der Waals surface area (Å²) in [6.45, 7) is 25.3. The van der Waals surface area contributed by atoms with Crippen LogP contribution in [0.4, 0.5) is 0 Å². The van der Waals surface area contributed by atoms with Crippen molar-refractivity contribution in [3.8, 4) is 0 Å². The van der Waals surface area contributed by atoms with E-state index in [0.29, 0.717) is 36.5 Å². The quantitative estimate of drug-likeness (QED) is 0.0480. The van der Waals surface area contributed by atoms with Crippen LogP contribution in [0.15, 0.2) is 0 Å². The molecule has 0 spiro atoms. The van der Waals surface area contributed by atoms with Gasteiger partial charge in [0.05, 0.1) is 12.8 Å². The maximum Gasteiger partial charge on any atom is 2.00 e. The second-order valence-corrected chi connectivity index (χ2v) is 15.9. The second kappa shape index (κ2) is 39.1. The molecule has 0 N–H and O–H groups in total. The first-order valence-electron chi connectivity index (χ1n) is 22.6. The van der Waals surface area contributed by atoms with E-state index in [1.807, 2.05) is 9.80 Å². The number of ketones is 2. The Morgan fingerprint density at radius 1 is 0.377 bits per heavy atom. The van der Waals surface area contributed by atoms with Crippen LogP contribution in [0.1, 0.15) is 223 Å². The van der Waals surface area contributed by atoms with Crippen molar-refractivity contribution in [3.05, 3.63) is 0 Å². The smallest absolute Gasteiger partial charge is 0.342 e. The summed E-state index contributed by atoms with van der Waals surface area (Å²) in [5.74, 6) is 2.62. The van der Waals surface area contributed by atoms with Gasteiger partial charge in [0.15, 0.2) is 0 Å². The van der Waals surface area contributed by atoms with Crippen molar-refractivity contribution in [2.45, 2.75) is 223 Å². The minimum atomic E-state index is 0. The Morgan fingerprint density at radius 2 is 0.604 bits per heavy atom. The molecule has 0 saturated carbocycles. The van der Waals surface area contributed by atoms with Crippen molar-refractivity contribution in [3.63, 3.8) is 0 Å². The summed E-state index contributed by atoms with van der Waals surface area (Å²) >= 11 is 0. The van der Waals surface area contributed by atoms with Crippen molar-refractivity contribution in [1.29, 1.82) is 0 Å². The molecule has 0 aliphatic heterocycles. The van der Waals surface area contributed by atoms with Gasteiger partial charge >= 0.3 is 19.5 Å². The first-order valence-corrected chi connectivity index (χ1v) is 22.6. The third-order valence-corrected chi connectivity index (χ3v) is 11.1. The van der Waals surface area contributed by atoms with Gasteiger partial charge in [-0.3, -0.25) is 19.2 Å². The van der Waals surface area contributed by atoms with E-state index >= 15 is 0 Å². The number of rotatable bonds is 34. The fraction of sp³-hybridized carbons (Fsp3) is 0.913. The molecule has 0 radical (unpaired) electrons. The molecular weight excluding hydrogens is 710 g/mol. The Labute approximate surface area is 343 Å². The van der Waals surface area contributed by atoms with Crippen LogP contribution in [0.5, 0.6) is 0 Å². The largest absolute Gasteiger partial charge is 2.00 e. The van der Waals surface area contributed by atoms with Crippen molar-refractivity contribution in [2.24, 2.45) is 23.7 Å². The van der Waals surface area contributed by atoms with Crippen LogP contribution in [0.25, 0.3) is 0 Å². The van der Waals surface area contributed by atoms with Gasteiger partial charge in [-0.15, -0.1) is 0 Å². The summed E-state index contributed by atoms with van der Waals surface area (Å²) in [7, 11) is 0. The molecule has 0 saturated heterocycles. The van der Waals surface area contributed by atoms with Gasteiger partial charge in [-0.05, 0) is 62.2 Å². The van der Waals surface area contributed by atoms with Crippen LogP contribution in [0.3, 0.4) is 0 Å². The predicted octanol–water partition coefficient (Wildman–Crippen LogP) is 12.8. The van der Waals surface area contributed by atoms with E-state index in [2.05, 4.69) is 69.2 Å². The monoisotopic (exact) mass is 799 g/mol. The third kappa shape index (κ3) is 30.8. The number of Topliss-reactive ketones (excluding diaryl/α,β-unsaturated/α-hetero) is 2. The van der Waals surface area contributed by atoms with Gasteiger partial charge in [0.2, 0.25) is 11.8 Å². The maximum atomic E-state index is 12.9. The molecule has 4 atom stereocenters. The van der Waals surface area contributed by atoms with E-state index in [0.717, 1.165) is 77.5 Å². The van der Waals surface area contributed by atoms with Crippen LogP contribution >= 0.6 is 0 Å². The van der Waals surface area contributed by atoms with Gasteiger partial charge in [0.1, 0.15) is 11.6 Å². The molecule has 4 unspecified atom stereocenters. The van der Waals surface area contributed by atoms with E-state index in [1.54, 1.807) is 0 Å². The van der Waals surface area contributed by atoms with Gasteiger partial charge in [0, 0.05) is 39.0 Å². The zero-order valence-corrected chi connectivity index (χ0v) is 40.3. The fourth-order valence-corrected chi connectivity index (χ4v) is 6.96. The molecule has 0 aromatic carbocycles. The number of carbonyl (C=O) groups is 4. The van der Waals surface area contributed by atoms with Crippen LogP contribution in [0.2, 0.25) is 0 Å². The number of carbonyl (C=O) groups excluding carboxylic acids is 4. The summed E-state index contributed by atoms with van der Waals surface area (Å²) < 4.78 is 0. The average Bonchev–Trinajstić information content (AvgIpc) is 3.15. The minimum Gasteiger partial charge on any atom is -0.342 e.